The minimum Gasteiger partial charge on any atom is -0.507 e. The summed E-state index contributed by atoms with van der Waals surface area (Å²) in [6.07, 6.45) is 0.0483. The fourth-order valence-corrected chi connectivity index (χ4v) is 1.75. The van der Waals surface area contributed by atoms with Gasteiger partial charge in [-0.25, -0.2) is 0 Å². The summed E-state index contributed by atoms with van der Waals surface area (Å²) in [6, 6.07) is 2.96. The Morgan fingerprint density at radius 2 is 2.27 bits per heavy atom. The van der Waals surface area contributed by atoms with E-state index < -0.39 is 0 Å². The SMILES string of the molecule is C[C@H]1CC(=O)c2c(O)ccc(CO)c2O1. The number of hydrogen-bond acceptors (Lipinski definition) is 4. The van der Waals surface area contributed by atoms with Gasteiger partial charge in [-0.05, 0) is 19.1 Å². The summed E-state index contributed by atoms with van der Waals surface area (Å²) >= 11 is 0. The number of phenolic OH excluding ortho intramolecular Hbond substituents is 1. The van der Waals surface area contributed by atoms with E-state index in [1.807, 2.05) is 0 Å². The fourth-order valence-electron chi connectivity index (χ4n) is 1.75. The number of fused-ring (bicyclic) bond motifs is 1. The normalized spacial score (nSPS) is 19.6. The van der Waals surface area contributed by atoms with E-state index in [1.165, 1.54) is 6.07 Å². The highest BCUT2D eigenvalue weighted by atomic mass is 16.5. The summed E-state index contributed by atoms with van der Waals surface area (Å²) in [6.45, 7) is 1.58. The summed E-state index contributed by atoms with van der Waals surface area (Å²) in [4.78, 5) is 11.7. The summed E-state index contributed by atoms with van der Waals surface area (Å²) in [5, 5.41) is 18.6. The van der Waals surface area contributed by atoms with Gasteiger partial charge in [0, 0.05) is 12.0 Å². The first kappa shape index (κ1) is 9.98. The van der Waals surface area contributed by atoms with Crippen LogP contribution in [0.1, 0.15) is 29.3 Å². The van der Waals surface area contributed by atoms with Crippen molar-refractivity contribution >= 4 is 5.78 Å². The van der Waals surface area contributed by atoms with Crippen LogP contribution >= 0.6 is 0 Å². The van der Waals surface area contributed by atoms with E-state index in [1.54, 1.807) is 13.0 Å². The predicted molar refractivity (Wildman–Crippen MR) is 53.1 cm³/mol. The number of ketones is 1. The van der Waals surface area contributed by atoms with Gasteiger partial charge in [-0.15, -0.1) is 0 Å². The van der Waals surface area contributed by atoms with Crippen molar-refractivity contribution in [2.45, 2.75) is 26.1 Å². The van der Waals surface area contributed by atoms with Crippen molar-refractivity contribution in [3.05, 3.63) is 23.3 Å². The zero-order chi connectivity index (χ0) is 11.0. The number of hydrogen-bond donors (Lipinski definition) is 2. The van der Waals surface area contributed by atoms with Crippen molar-refractivity contribution in [2.24, 2.45) is 0 Å². The number of carbonyl (C=O) groups excluding carboxylic acids is 1. The molecule has 4 nitrogen and oxygen atoms in total. The van der Waals surface area contributed by atoms with Gasteiger partial charge in [-0.1, -0.05) is 0 Å². The average Bonchev–Trinajstić information content (AvgIpc) is 2.17. The molecule has 0 amide bonds. The Bertz CT molecular complexity index is 411. The lowest BCUT2D eigenvalue weighted by atomic mass is 9.97. The zero-order valence-electron chi connectivity index (χ0n) is 8.36. The molecule has 1 aliphatic heterocycles. The van der Waals surface area contributed by atoms with Gasteiger partial charge < -0.3 is 14.9 Å². The number of rotatable bonds is 1. The second kappa shape index (κ2) is 3.55. The highest BCUT2D eigenvalue weighted by Gasteiger charge is 2.28. The molecule has 1 aromatic rings. The molecule has 2 rings (SSSR count). The van der Waals surface area contributed by atoms with E-state index >= 15 is 0 Å². The van der Waals surface area contributed by atoms with Crippen molar-refractivity contribution in [3.8, 4) is 11.5 Å². The molecule has 4 heteroatoms. The topological polar surface area (TPSA) is 66.8 Å². The second-order valence-corrected chi connectivity index (χ2v) is 3.66. The lowest BCUT2D eigenvalue weighted by molar-refractivity contribution is 0.0861. The van der Waals surface area contributed by atoms with Crippen LogP contribution in [0.3, 0.4) is 0 Å². The van der Waals surface area contributed by atoms with E-state index in [2.05, 4.69) is 0 Å². The number of phenols is 1. The van der Waals surface area contributed by atoms with E-state index in [4.69, 9.17) is 9.84 Å². The minimum atomic E-state index is -0.211. The number of aliphatic hydroxyl groups excluding tert-OH is 1. The van der Waals surface area contributed by atoms with Crippen LogP contribution in [0.4, 0.5) is 0 Å². The molecule has 1 aliphatic rings. The van der Waals surface area contributed by atoms with Crippen LogP contribution in [-0.2, 0) is 6.61 Å². The van der Waals surface area contributed by atoms with Crippen molar-refractivity contribution in [2.75, 3.05) is 0 Å². The number of aliphatic hydroxyl groups is 1. The lowest BCUT2D eigenvalue weighted by Gasteiger charge is -2.24. The van der Waals surface area contributed by atoms with E-state index in [-0.39, 0.29) is 36.2 Å². The number of carbonyl (C=O) groups is 1. The van der Waals surface area contributed by atoms with Gasteiger partial charge in [0.25, 0.3) is 0 Å². The van der Waals surface area contributed by atoms with Crippen molar-refractivity contribution in [3.63, 3.8) is 0 Å². The zero-order valence-corrected chi connectivity index (χ0v) is 8.36. The summed E-state index contributed by atoms with van der Waals surface area (Å²) in [5.41, 5.74) is 0.724. The maximum absolute atomic E-state index is 11.7. The Morgan fingerprint density at radius 3 is 2.93 bits per heavy atom. The highest BCUT2D eigenvalue weighted by molar-refractivity contribution is 6.02. The molecule has 0 bridgehead atoms. The molecule has 0 aliphatic carbocycles. The van der Waals surface area contributed by atoms with Crippen LogP contribution in [0, 0.1) is 0 Å². The van der Waals surface area contributed by atoms with Crippen molar-refractivity contribution in [1.82, 2.24) is 0 Å². The van der Waals surface area contributed by atoms with Crippen LogP contribution in [-0.4, -0.2) is 22.1 Å². The van der Waals surface area contributed by atoms with E-state index in [9.17, 15) is 9.90 Å². The molecule has 1 aromatic carbocycles. The maximum Gasteiger partial charge on any atom is 0.174 e. The molecule has 0 saturated heterocycles. The van der Waals surface area contributed by atoms with E-state index in [0.717, 1.165) is 0 Å². The maximum atomic E-state index is 11.7. The lowest BCUT2D eigenvalue weighted by Crippen LogP contribution is -2.25. The van der Waals surface area contributed by atoms with Crippen LogP contribution in [0.2, 0.25) is 0 Å². The fraction of sp³-hybridized carbons (Fsp3) is 0.364. The Hall–Kier alpha value is -1.55. The largest absolute Gasteiger partial charge is 0.507 e. The van der Waals surface area contributed by atoms with Crippen molar-refractivity contribution in [1.29, 1.82) is 0 Å². The third-order valence-corrected chi connectivity index (χ3v) is 2.46. The molecular formula is C11H12O4. The van der Waals surface area contributed by atoms with Gasteiger partial charge in [0.05, 0.1) is 6.61 Å². The number of Topliss-reactive ketones (excluding diaryl/α,β-unsaturated/α-hetero) is 1. The molecule has 0 saturated carbocycles. The van der Waals surface area contributed by atoms with Crippen LogP contribution in [0.5, 0.6) is 11.5 Å². The summed E-state index contributed by atoms with van der Waals surface area (Å²) in [5.74, 6) is 0.0944. The number of ether oxygens (including phenoxy) is 1. The van der Waals surface area contributed by atoms with Crippen LogP contribution in [0.15, 0.2) is 12.1 Å². The molecule has 0 unspecified atom stereocenters. The molecule has 0 spiro atoms. The van der Waals surface area contributed by atoms with E-state index in [0.29, 0.717) is 11.3 Å². The number of benzene rings is 1. The Labute approximate surface area is 87.1 Å². The molecule has 2 N–H and O–H groups in total. The quantitative estimate of drug-likeness (QED) is 0.728. The van der Waals surface area contributed by atoms with Gasteiger partial charge in [-0.2, -0.15) is 0 Å². The van der Waals surface area contributed by atoms with Gasteiger partial charge in [0.2, 0.25) is 0 Å². The molecular weight excluding hydrogens is 196 g/mol. The second-order valence-electron chi connectivity index (χ2n) is 3.66. The molecule has 1 atom stereocenters. The third kappa shape index (κ3) is 1.57. The van der Waals surface area contributed by atoms with Gasteiger partial charge in [0.1, 0.15) is 23.2 Å². The smallest absolute Gasteiger partial charge is 0.174 e. The number of aromatic hydroxyl groups is 1. The minimum absolute atomic E-state index is 0.0842. The molecule has 0 aromatic heterocycles. The van der Waals surface area contributed by atoms with Gasteiger partial charge in [0.15, 0.2) is 5.78 Å². The average molecular weight is 208 g/mol. The summed E-state index contributed by atoms with van der Waals surface area (Å²) < 4.78 is 5.46. The first-order chi connectivity index (χ1) is 7.13. The highest BCUT2D eigenvalue weighted by Crippen LogP contribution is 2.37. The van der Waals surface area contributed by atoms with Crippen LogP contribution in [0.25, 0.3) is 0 Å². The van der Waals surface area contributed by atoms with Crippen LogP contribution < -0.4 is 4.74 Å². The third-order valence-electron chi connectivity index (χ3n) is 2.46. The predicted octanol–water partition coefficient (Wildman–Crippen LogP) is 1.24. The molecule has 15 heavy (non-hydrogen) atoms. The van der Waals surface area contributed by atoms with Gasteiger partial charge in [-0.3, -0.25) is 4.79 Å². The van der Waals surface area contributed by atoms with Gasteiger partial charge >= 0.3 is 0 Å². The molecule has 1 heterocycles. The summed E-state index contributed by atoms with van der Waals surface area (Å²) in [7, 11) is 0. The first-order valence-electron chi connectivity index (χ1n) is 4.79. The molecule has 80 valence electrons. The Kier molecular flexibility index (Phi) is 2.36. The Morgan fingerprint density at radius 1 is 1.53 bits per heavy atom. The van der Waals surface area contributed by atoms with Crippen molar-refractivity contribution < 1.29 is 19.7 Å². The Balaban J connectivity index is 2.61. The monoisotopic (exact) mass is 208 g/mol. The first-order valence-corrected chi connectivity index (χ1v) is 4.79. The standard InChI is InChI=1S/C11H12O4/c1-6-4-9(14)10-8(13)3-2-7(5-12)11(10)15-6/h2-3,6,12-13H,4-5H2,1H3/t6-/m0/s1. The molecule has 0 radical (unpaired) electrons. The molecule has 0 fully saturated rings.